The molecule has 0 spiro atoms. The Bertz CT molecular complexity index is 223. The number of carbonyl (C=O) groups excluding carboxylic acids is 1. The first-order valence-electron chi connectivity index (χ1n) is 5.76. The van der Waals surface area contributed by atoms with Crippen LogP contribution in [0.4, 0.5) is 0 Å². The molecular formula is C11H20N2OS. The van der Waals surface area contributed by atoms with Gasteiger partial charge < -0.3 is 11.1 Å². The molecule has 1 amide bonds. The van der Waals surface area contributed by atoms with Crippen LogP contribution >= 0.6 is 12.2 Å². The zero-order valence-corrected chi connectivity index (χ0v) is 9.94. The van der Waals surface area contributed by atoms with Crippen molar-refractivity contribution < 1.29 is 4.79 Å². The number of carbonyl (C=O) groups is 1. The zero-order chi connectivity index (χ0) is 11.1. The van der Waals surface area contributed by atoms with Gasteiger partial charge in [-0.05, 0) is 12.8 Å². The number of thiocarbonyl (C=S) groups is 1. The lowest BCUT2D eigenvalue weighted by atomic mass is 10.1. The minimum Gasteiger partial charge on any atom is -0.393 e. The Morgan fingerprint density at radius 3 is 2.33 bits per heavy atom. The van der Waals surface area contributed by atoms with Crippen molar-refractivity contribution in [3.05, 3.63) is 0 Å². The molecule has 4 heteroatoms. The summed E-state index contributed by atoms with van der Waals surface area (Å²) >= 11 is 4.74. The normalized spacial score (nSPS) is 18.1. The van der Waals surface area contributed by atoms with Crippen LogP contribution < -0.4 is 11.1 Å². The first-order valence-corrected chi connectivity index (χ1v) is 6.17. The van der Waals surface area contributed by atoms with E-state index in [0.29, 0.717) is 23.9 Å². The van der Waals surface area contributed by atoms with E-state index in [0.717, 1.165) is 12.8 Å². The van der Waals surface area contributed by atoms with Gasteiger partial charge in [0.2, 0.25) is 5.91 Å². The summed E-state index contributed by atoms with van der Waals surface area (Å²) in [6, 6.07) is 0.381. The Labute approximate surface area is 96.8 Å². The van der Waals surface area contributed by atoms with Crippen molar-refractivity contribution in [2.75, 3.05) is 0 Å². The molecule has 1 fully saturated rings. The number of hydrogen-bond acceptors (Lipinski definition) is 2. The van der Waals surface area contributed by atoms with Gasteiger partial charge >= 0.3 is 0 Å². The van der Waals surface area contributed by atoms with E-state index in [2.05, 4.69) is 5.32 Å². The molecule has 0 atom stereocenters. The van der Waals surface area contributed by atoms with Crippen molar-refractivity contribution in [2.45, 2.75) is 57.4 Å². The van der Waals surface area contributed by atoms with E-state index >= 15 is 0 Å². The van der Waals surface area contributed by atoms with Gasteiger partial charge in [-0.25, -0.2) is 0 Å². The summed E-state index contributed by atoms with van der Waals surface area (Å²) in [5.41, 5.74) is 5.35. The molecule has 0 aromatic carbocycles. The molecule has 1 aliphatic carbocycles. The summed E-state index contributed by atoms with van der Waals surface area (Å²) in [6.07, 6.45) is 8.29. The van der Waals surface area contributed by atoms with Crippen LogP contribution in [-0.2, 0) is 4.79 Å². The van der Waals surface area contributed by atoms with E-state index in [9.17, 15) is 4.79 Å². The highest BCUT2D eigenvalue weighted by molar-refractivity contribution is 7.80. The predicted octanol–water partition coefficient (Wildman–Crippen LogP) is 1.89. The lowest BCUT2D eigenvalue weighted by Crippen LogP contribution is -2.34. The first kappa shape index (κ1) is 12.4. The molecule has 0 saturated heterocycles. The van der Waals surface area contributed by atoms with Crippen molar-refractivity contribution in [3.63, 3.8) is 0 Å². The molecule has 0 bridgehead atoms. The Morgan fingerprint density at radius 2 is 1.80 bits per heavy atom. The molecule has 15 heavy (non-hydrogen) atoms. The monoisotopic (exact) mass is 228 g/mol. The maximum Gasteiger partial charge on any atom is 0.220 e. The van der Waals surface area contributed by atoms with Gasteiger partial charge in [-0.2, -0.15) is 0 Å². The maximum atomic E-state index is 11.5. The van der Waals surface area contributed by atoms with Gasteiger partial charge in [0.05, 0.1) is 4.99 Å². The highest BCUT2D eigenvalue weighted by Gasteiger charge is 2.14. The van der Waals surface area contributed by atoms with Crippen molar-refractivity contribution in [1.29, 1.82) is 0 Å². The fraction of sp³-hybridized carbons (Fsp3) is 0.818. The molecule has 0 aliphatic heterocycles. The fourth-order valence-corrected chi connectivity index (χ4v) is 2.06. The minimum absolute atomic E-state index is 0.0923. The molecule has 1 aliphatic rings. The Morgan fingerprint density at radius 1 is 1.20 bits per heavy atom. The van der Waals surface area contributed by atoms with E-state index in [-0.39, 0.29) is 5.91 Å². The molecule has 0 heterocycles. The van der Waals surface area contributed by atoms with E-state index in [1.165, 1.54) is 25.7 Å². The van der Waals surface area contributed by atoms with Gasteiger partial charge in [-0.15, -0.1) is 0 Å². The van der Waals surface area contributed by atoms with Gasteiger partial charge in [0.1, 0.15) is 0 Å². The Hall–Kier alpha value is -0.640. The predicted molar refractivity (Wildman–Crippen MR) is 65.7 cm³/mol. The van der Waals surface area contributed by atoms with Crippen LogP contribution in [0.25, 0.3) is 0 Å². The number of rotatable bonds is 4. The molecule has 1 saturated carbocycles. The molecule has 1 rings (SSSR count). The summed E-state index contributed by atoms with van der Waals surface area (Å²) in [6.45, 7) is 0. The first-order chi connectivity index (χ1) is 7.18. The van der Waals surface area contributed by atoms with Crippen LogP contribution in [0.15, 0.2) is 0 Å². The quantitative estimate of drug-likeness (QED) is 0.571. The Balaban J connectivity index is 2.20. The minimum atomic E-state index is 0.0923. The summed E-state index contributed by atoms with van der Waals surface area (Å²) in [4.78, 5) is 11.9. The number of nitrogens with two attached hydrogens (primary N) is 1. The van der Waals surface area contributed by atoms with E-state index in [4.69, 9.17) is 18.0 Å². The molecule has 0 aromatic heterocycles. The second-order valence-corrected chi connectivity index (χ2v) is 4.75. The summed E-state index contributed by atoms with van der Waals surface area (Å²) in [7, 11) is 0. The van der Waals surface area contributed by atoms with Crippen LogP contribution in [0.5, 0.6) is 0 Å². The van der Waals surface area contributed by atoms with Gasteiger partial charge in [0.25, 0.3) is 0 Å². The third-order valence-corrected chi connectivity index (χ3v) is 3.02. The fourth-order valence-electron chi connectivity index (χ4n) is 1.96. The molecule has 0 radical (unpaired) electrons. The average Bonchev–Trinajstić information content (AvgIpc) is 2.43. The molecular weight excluding hydrogens is 208 g/mol. The van der Waals surface area contributed by atoms with Crippen LogP contribution in [0, 0.1) is 0 Å². The lowest BCUT2D eigenvalue weighted by Gasteiger charge is -2.15. The molecule has 3 N–H and O–H groups in total. The van der Waals surface area contributed by atoms with Gasteiger partial charge in [-0.1, -0.05) is 37.9 Å². The van der Waals surface area contributed by atoms with E-state index in [1.807, 2.05) is 0 Å². The third kappa shape index (κ3) is 5.72. The second-order valence-electron chi connectivity index (χ2n) is 4.22. The number of nitrogens with one attached hydrogen (secondary N) is 1. The summed E-state index contributed by atoms with van der Waals surface area (Å²) in [5.74, 6) is 0.0923. The lowest BCUT2D eigenvalue weighted by molar-refractivity contribution is -0.121. The third-order valence-electron chi connectivity index (χ3n) is 2.82. The second kappa shape index (κ2) is 6.77. The maximum absolute atomic E-state index is 11.5. The summed E-state index contributed by atoms with van der Waals surface area (Å²) in [5, 5.41) is 3.06. The highest BCUT2D eigenvalue weighted by atomic mass is 32.1. The van der Waals surface area contributed by atoms with Crippen LogP contribution in [0.2, 0.25) is 0 Å². The van der Waals surface area contributed by atoms with E-state index in [1.54, 1.807) is 0 Å². The standard InChI is InChI=1S/C11H20N2OS/c12-10(15)7-8-11(14)13-9-5-3-1-2-4-6-9/h9H,1-8H2,(H2,12,15)(H,13,14). The average molecular weight is 228 g/mol. The van der Waals surface area contributed by atoms with Crippen LogP contribution in [0.3, 0.4) is 0 Å². The molecule has 86 valence electrons. The van der Waals surface area contributed by atoms with Gasteiger partial charge in [0.15, 0.2) is 0 Å². The van der Waals surface area contributed by atoms with Gasteiger partial charge in [0, 0.05) is 18.9 Å². The largest absolute Gasteiger partial charge is 0.393 e. The molecule has 0 aromatic rings. The van der Waals surface area contributed by atoms with Crippen molar-refractivity contribution in [3.8, 4) is 0 Å². The van der Waals surface area contributed by atoms with Crippen LogP contribution in [0.1, 0.15) is 51.4 Å². The van der Waals surface area contributed by atoms with Crippen molar-refractivity contribution in [1.82, 2.24) is 5.32 Å². The van der Waals surface area contributed by atoms with Gasteiger partial charge in [-0.3, -0.25) is 4.79 Å². The van der Waals surface area contributed by atoms with E-state index < -0.39 is 0 Å². The molecule has 3 nitrogen and oxygen atoms in total. The Kier molecular flexibility index (Phi) is 5.61. The van der Waals surface area contributed by atoms with Crippen molar-refractivity contribution in [2.24, 2.45) is 5.73 Å². The number of amides is 1. The smallest absolute Gasteiger partial charge is 0.220 e. The van der Waals surface area contributed by atoms with Crippen LogP contribution in [-0.4, -0.2) is 16.9 Å². The van der Waals surface area contributed by atoms with Crippen molar-refractivity contribution >= 4 is 23.1 Å². The topological polar surface area (TPSA) is 55.1 Å². The zero-order valence-electron chi connectivity index (χ0n) is 9.13. The number of hydrogen-bond donors (Lipinski definition) is 2. The highest BCUT2D eigenvalue weighted by Crippen LogP contribution is 2.17. The molecule has 0 unspecified atom stereocenters. The summed E-state index contributed by atoms with van der Waals surface area (Å²) < 4.78 is 0. The SMILES string of the molecule is NC(=S)CCC(=O)NC1CCCCCC1.